The number of nitrogens with zero attached hydrogens (tertiary/aromatic N) is 2. The van der Waals surface area contributed by atoms with E-state index in [9.17, 15) is 35.9 Å². The molecule has 0 atom stereocenters. The Morgan fingerprint density at radius 2 is 1.66 bits per heavy atom. The first-order valence-corrected chi connectivity index (χ1v) is 10.1. The number of hydrogen-bond acceptors (Lipinski definition) is 3. The van der Waals surface area contributed by atoms with Crippen molar-refractivity contribution in [3.8, 4) is 0 Å². The Kier molecular flexibility index (Phi) is 5.91. The second-order valence-electron chi connectivity index (χ2n) is 7.73. The lowest BCUT2D eigenvalue weighted by atomic mass is 10.0. The highest BCUT2D eigenvalue weighted by Gasteiger charge is 2.31. The first-order valence-electron chi connectivity index (χ1n) is 10.1. The molecule has 12 heteroatoms. The molecule has 0 saturated carbocycles. The SMILES string of the molecule is Cc1nc2c(C(=O)Nc3ccc(C(F)(F)F)cc3)c[nH]n2c(=O)c1Cc1cccc(C(F)(F)F)c1. The van der Waals surface area contributed by atoms with E-state index in [1.54, 1.807) is 0 Å². The van der Waals surface area contributed by atoms with E-state index < -0.39 is 34.9 Å². The van der Waals surface area contributed by atoms with E-state index in [4.69, 9.17) is 0 Å². The second-order valence-corrected chi connectivity index (χ2v) is 7.73. The number of halogens is 6. The Hall–Kier alpha value is -4.09. The highest BCUT2D eigenvalue weighted by molar-refractivity contribution is 6.08. The van der Waals surface area contributed by atoms with Crippen molar-refractivity contribution in [1.29, 1.82) is 0 Å². The number of carbonyl (C=O) groups is 1. The monoisotopic (exact) mass is 494 g/mol. The summed E-state index contributed by atoms with van der Waals surface area (Å²) in [6.45, 7) is 1.49. The van der Waals surface area contributed by atoms with E-state index in [-0.39, 0.29) is 40.1 Å². The van der Waals surface area contributed by atoms with Crippen LogP contribution in [0.3, 0.4) is 0 Å². The molecular weight excluding hydrogens is 478 g/mol. The average molecular weight is 494 g/mol. The number of alkyl halides is 6. The summed E-state index contributed by atoms with van der Waals surface area (Å²) in [5.74, 6) is -0.722. The number of amides is 1. The number of aromatic amines is 1. The predicted octanol–water partition coefficient (Wildman–Crippen LogP) is 5.21. The third-order valence-electron chi connectivity index (χ3n) is 5.31. The van der Waals surface area contributed by atoms with E-state index in [0.717, 1.165) is 40.9 Å². The van der Waals surface area contributed by atoms with Gasteiger partial charge in [-0.15, -0.1) is 0 Å². The molecule has 0 radical (unpaired) electrons. The molecule has 0 aliphatic carbocycles. The highest BCUT2D eigenvalue weighted by Crippen LogP contribution is 2.31. The molecule has 182 valence electrons. The largest absolute Gasteiger partial charge is 0.416 e. The van der Waals surface area contributed by atoms with Crippen LogP contribution in [0.25, 0.3) is 5.65 Å². The van der Waals surface area contributed by atoms with Crippen LogP contribution in [0.5, 0.6) is 0 Å². The number of H-pyrrole nitrogens is 1. The standard InChI is InChI=1S/C23H16F6N4O2/c1-12-17(10-13-3-2-4-15(9-13)23(27,28)29)21(35)33-19(31-12)18(11-30-33)20(34)32-16-7-5-14(6-8-16)22(24,25)26/h2-9,11,30H,10H2,1H3,(H,32,34). The Labute approximate surface area is 193 Å². The van der Waals surface area contributed by atoms with Crippen molar-refractivity contribution in [3.63, 3.8) is 0 Å². The van der Waals surface area contributed by atoms with Gasteiger partial charge in [0.25, 0.3) is 11.5 Å². The van der Waals surface area contributed by atoms with E-state index in [2.05, 4.69) is 15.4 Å². The number of aromatic nitrogens is 3. The zero-order valence-corrected chi connectivity index (χ0v) is 17.9. The van der Waals surface area contributed by atoms with Crippen molar-refractivity contribution in [3.05, 3.63) is 98.6 Å². The van der Waals surface area contributed by atoms with Crippen LogP contribution < -0.4 is 10.9 Å². The molecule has 2 heterocycles. The number of hydrogen-bond donors (Lipinski definition) is 2. The topological polar surface area (TPSA) is 79.3 Å². The average Bonchev–Trinajstić information content (AvgIpc) is 3.20. The lowest BCUT2D eigenvalue weighted by Gasteiger charge is -2.10. The summed E-state index contributed by atoms with van der Waals surface area (Å²) in [6.07, 6.45) is -7.96. The maximum absolute atomic E-state index is 13.0. The molecule has 0 saturated heterocycles. The number of rotatable bonds is 4. The fourth-order valence-corrected chi connectivity index (χ4v) is 3.53. The van der Waals surface area contributed by atoms with Crippen molar-refractivity contribution < 1.29 is 31.1 Å². The van der Waals surface area contributed by atoms with Gasteiger partial charge in [0.05, 0.1) is 11.1 Å². The molecule has 2 aromatic heterocycles. The Morgan fingerprint density at radius 1 is 1.00 bits per heavy atom. The Bertz CT molecular complexity index is 1470. The van der Waals surface area contributed by atoms with Gasteiger partial charge >= 0.3 is 12.4 Å². The van der Waals surface area contributed by atoms with Gasteiger partial charge in [0, 0.05) is 29.6 Å². The lowest BCUT2D eigenvalue weighted by Crippen LogP contribution is -2.23. The van der Waals surface area contributed by atoms with E-state index in [0.29, 0.717) is 0 Å². The van der Waals surface area contributed by atoms with Crippen molar-refractivity contribution in [2.45, 2.75) is 25.7 Å². The zero-order valence-electron chi connectivity index (χ0n) is 17.9. The Balaban J connectivity index is 1.62. The number of nitrogens with one attached hydrogen (secondary N) is 2. The van der Waals surface area contributed by atoms with Crippen LogP contribution in [-0.4, -0.2) is 20.5 Å². The molecule has 0 bridgehead atoms. The van der Waals surface area contributed by atoms with E-state index in [1.165, 1.54) is 25.3 Å². The summed E-state index contributed by atoms with van der Waals surface area (Å²) in [7, 11) is 0. The van der Waals surface area contributed by atoms with Crippen LogP contribution in [0.2, 0.25) is 0 Å². The molecule has 0 aliphatic heterocycles. The van der Waals surface area contributed by atoms with Gasteiger partial charge in [-0.1, -0.05) is 18.2 Å². The van der Waals surface area contributed by atoms with Crippen molar-refractivity contribution >= 4 is 17.2 Å². The normalized spacial score (nSPS) is 12.2. The molecule has 4 rings (SSSR count). The van der Waals surface area contributed by atoms with Gasteiger partial charge in [0.2, 0.25) is 0 Å². The fraction of sp³-hybridized carbons (Fsp3) is 0.174. The van der Waals surface area contributed by atoms with E-state index >= 15 is 0 Å². The number of carbonyl (C=O) groups excluding carboxylic acids is 1. The van der Waals surface area contributed by atoms with Crippen molar-refractivity contribution in [1.82, 2.24) is 14.6 Å². The summed E-state index contributed by atoms with van der Waals surface area (Å²) in [4.78, 5) is 30.0. The van der Waals surface area contributed by atoms with Crippen LogP contribution in [0, 0.1) is 6.92 Å². The molecule has 2 N–H and O–H groups in total. The predicted molar refractivity (Wildman–Crippen MR) is 114 cm³/mol. The quantitative estimate of drug-likeness (QED) is 0.383. The van der Waals surface area contributed by atoms with Crippen molar-refractivity contribution in [2.75, 3.05) is 5.32 Å². The molecule has 1 amide bonds. The molecule has 6 nitrogen and oxygen atoms in total. The molecule has 0 spiro atoms. The van der Waals surface area contributed by atoms with Crippen LogP contribution in [0.4, 0.5) is 32.0 Å². The summed E-state index contributed by atoms with van der Waals surface area (Å²) >= 11 is 0. The highest BCUT2D eigenvalue weighted by atomic mass is 19.4. The third kappa shape index (κ3) is 4.91. The minimum Gasteiger partial charge on any atom is -0.322 e. The minimum absolute atomic E-state index is 0.0373. The first-order chi connectivity index (χ1) is 16.3. The molecule has 4 aromatic rings. The second kappa shape index (κ2) is 8.60. The van der Waals surface area contributed by atoms with Crippen molar-refractivity contribution in [2.24, 2.45) is 0 Å². The maximum Gasteiger partial charge on any atom is 0.416 e. The molecular formula is C23H16F6N4O2. The molecule has 0 fully saturated rings. The number of anilines is 1. The Morgan fingerprint density at radius 3 is 2.29 bits per heavy atom. The van der Waals surface area contributed by atoms with Gasteiger partial charge in [-0.2, -0.15) is 26.3 Å². The first kappa shape index (κ1) is 24.0. The van der Waals surface area contributed by atoms with Crippen LogP contribution in [0.15, 0.2) is 59.5 Å². The summed E-state index contributed by atoms with van der Waals surface area (Å²) in [5.41, 5.74) is -1.69. The smallest absolute Gasteiger partial charge is 0.322 e. The van der Waals surface area contributed by atoms with Gasteiger partial charge < -0.3 is 5.32 Å². The maximum atomic E-state index is 13.0. The van der Waals surface area contributed by atoms with Gasteiger partial charge in [0.1, 0.15) is 5.56 Å². The van der Waals surface area contributed by atoms with E-state index in [1.807, 2.05) is 0 Å². The van der Waals surface area contributed by atoms with Crippen LogP contribution in [0.1, 0.15) is 38.3 Å². The van der Waals surface area contributed by atoms with Gasteiger partial charge in [0.15, 0.2) is 5.65 Å². The molecule has 0 unspecified atom stereocenters. The minimum atomic E-state index is -4.53. The lowest BCUT2D eigenvalue weighted by molar-refractivity contribution is -0.138. The fourth-order valence-electron chi connectivity index (χ4n) is 3.53. The third-order valence-corrected chi connectivity index (χ3v) is 5.31. The molecule has 35 heavy (non-hydrogen) atoms. The number of benzene rings is 2. The summed E-state index contributed by atoms with van der Waals surface area (Å²) in [5, 5.41) is 5.03. The van der Waals surface area contributed by atoms with Gasteiger partial charge in [-0.3, -0.25) is 14.7 Å². The summed E-state index contributed by atoms with van der Waals surface area (Å²) in [6, 6.07) is 8.40. The van der Waals surface area contributed by atoms with Crippen LogP contribution >= 0.6 is 0 Å². The molecule has 2 aromatic carbocycles. The zero-order chi connectivity index (χ0) is 25.5. The summed E-state index contributed by atoms with van der Waals surface area (Å²) < 4.78 is 78.2. The van der Waals surface area contributed by atoms with Crippen LogP contribution in [-0.2, 0) is 18.8 Å². The number of aryl methyl sites for hydroxylation is 1. The van der Waals surface area contributed by atoms with Gasteiger partial charge in [-0.05, 0) is 42.8 Å². The number of fused-ring (bicyclic) bond motifs is 1. The van der Waals surface area contributed by atoms with Gasteiger partial charge in [-0.25, -0.2) is 9.50 Å². The molecule has 0 aliphatic rings.